The van der Waals surface area contributed by atoms with E-state index in [4.69, 9.17) is 0 Å². The fraction of sp³-hybridized carbons (Fsp3) is 1.00. The fourth-order valence-electron chi connectivity index (χ4n) is 6.32. The van der Waals surface area contributed by atoms with Crippen molar-refractivity contribution in [2.75, 3.05) is 0 Å². The van der Waals surface area contributed by atoms with Crippen molar-refractivity contribution in [1.29, 1.82) is 0 Å². The average molecular weight is 188 g/mol. The third kappa shape index (κ3) is 0.630. The van der Waals surface area contributed by atoms with Crippen molar-refractivity contribution in [3.8, 4) is 0 Å². The molecule has 0 spiro atoms. The van der Waals surface area contributed by atoms with E-state index >= 15 is 0 Å². The van der Waals surface area contributed by atoms with Crippen molar-refractivity contribution in [3.05, 3.63) is 0 Å². The molecule has 0 N–H and O–H groups in total. The first-order valence-electron chi connectivity index (χ1n) is 6.90. The van der Waals surface area contributed by atoms with Crippen LogP contribution in [-0.2, 0) is 0 Å². The highest BCUT2D eigenvalue weighted by atomic mass is 14.7. The van der Waals surface area contributed by atoms with Crippen molar-refractivity contribution >= 4 is 0 Å². The summed E-state index contributed by atoms with van der Waals surface area (Å²) in [6.45, 7) is 0. The summed E-state index contributed by atoms with van der Waals surface area (Å²) in [6, 6.07) is 0. The van der Waals surface area contributed by atoms with E-state index in [1.54, 1.807) is 38.5 Å². The summed E-state index contributed by atoms with van der Waals surface area (Å²) >= 11 is 0. The molecule has 0 aliphatic heterocycles. The highest BCUT2D eigenvalue weighted by Gasteiger charge is 2.62. The molecular formula is C14H20. The van der Waals surface area contributed by atoms with Crippen LogP contribution in [0.3, 0.4) is 0 Å². The van der Waals surface area contributed by atoms with Gasteiger partial charge in [-0.2, -0.15) is 0 Å². The molecule has 15 fully saturated rings. The van der Waals surface area contributed by atoms with Gasteiger partial charge in [0.15, 0.2) is 0 Å². The standard InChI is InChI=1S/C14H20/c1-7-2-8(1)14-10-3-9(4-10)13(7)11-5-12(14)6-11/h7-14H,1-6H2. The Morgan fingerprint density at radius 1 is 0.357 bits per heavy atom. The van der Waals surface area contributed by atoms with Crippen LogP contribution in [0, 0.1) is 47.3 Å². The van der Waals surface area contributed by atoms with Crippen LogP contribution >= 0.6 is 0 Å². The minimum Gasteiger partial charge on any atom is -0.0470 e. The van der Waals surface area contributed by atoms with Crippen LogP contribution < -0.4 is 0 Å². The normalized spacial score (nSPS) is 72.0. The SMILES string of the molecule is C1C2CC1C1C3CC(C3)C2C2CC1C2. The van der Waals surface area contributed by atoms with Gasteiger partial charge in [-0.05, 0) is 85.9 Å². The molecule has 8 bridgehead atoms. The van der Waals surface area contributed by atoms with E-state index in [1.807, 2.05) is 0 Å². The van der Waals surface area contributed by atoms with Gasteiger partial charge in [-0.25, -0.2) is 0 Å². The van der Waals surface area contributed by atoms with Crippen LogP contribution in [0.2, 0.25) is 0 Å². The maximum Gasteiger partial charge on any atom is -0.0328 e. The Bertz CT molecular complexity index is 205. The monoisotopic (exact) mass is 188 g/mol. The van der Waals surface area contributed by atoms with Crippen molar-refractivity contribution in [1.82, 2.24) is 0 Å². The van der Waals surface area contributed by atoms with Gasteiger partial charge in [0.2, 0.25) is 0 Å². The van der Waals surface area contributed by atoms with Crippen molar-refractivity contribution in [2.24, 2.45) is 47.3 Å². The lowest BCUT2D eigenvalue weighted by Gasteiger charge is -2.68. The zero-order valence-electron chi connectivity index (χ0n) is 8.86. The topological polar surface area (TPSA) is 0 Å². The highest BCUT2D eigenvalue weighted by molar-refractivity contribution is 5.11. The molecule has 0 radical (unpaired) electrons. The number of rotatable bonds is 0. The third-order valence-electron chi connectivity index (χ3n) is 6.90. The predicted molar refractivity (Wildman–Crippen MR) is 55.6 cm³/mol. The molecule has 0 unspecified atom stereocenters. The van der Waals surface area contributed by atoms with E-state index in [1.165, 1.54) is 47.3 Å². The molecular weight excluding hydrogens is 168 g/mol. The first kappa shape index (κ1) is 7.30. The molecule has 0 aromatic carbocycles. The Morgan fingerprint density at radius 3 is 0.786 bits per heavy atom. The van der Waals surface area contributed by atoms with E-state index in [9.17, 15) is 0 Å². The summed E-state index contributed by atoms with van der Waals surface area (Å²) in [6.07, 6.45) is 9.97. The van der Waals surface area contributed by atoms with Crippen molar-refractivity contribution in [3.63, 3.8) is 0 Å². The fourth-order valence-corrected chi connectivity index (χ4v) is 6.32. The summed E-state index contributed by atoms with van der Waals surface area (Å²) in [5, 5.41) is 0. The van der Waals surface area contributed by atoms with Gasteiger partial charge in [0.05, 0.1) is 0 Å². The Morgan fingerprint density at radius 2 is 0.571 bits per heavy atom. The first-order valence-corrected chi connectivity index (χ1v) is 6.90. The Balaban J connectivity index is 1.66. The maximum atomic E-state index is 1.66. The molecule has 15 aliphatic carbocycles. The van der Waals surface area contributed by atoms with Gasteiger partial charge in [-0.15, -0.1) is 0 Å². The lowest BCUT2D eigenvalue weighted by Crippen LogP contribution is -2.60. The van der Waals surface area contributed by atoms with E-state index in [0.717, 1.165) is 0 Å². The summed E-state index contributed by atoms with van der Waals surface area (Å²) in [5.74, 6) is 9.69. The van der Waals surface area contributed by atoms with Crippen LogP contribution in [-0.4, -0.2) is 0 Å². The molecule has 0 aromatic rings. The van der Waals surface area contributed by atoms with Gasteiger partial charge in [0.25, 0.3) is 0 Å². The molecule has 15 saturated carbocycles. The van der Waals surface area contributed by atoms with Crippen molar-refractivity contribution < 1.29 is 0 Å². The molecule has 76 valence electrons. The highest BCUT2D eigenvalue weighted by Crippen LogP contribution is 2.70. The smallest absolute Gasteiger partial charge is 0.0328 e. The lowest BCUT2D eigenvalue weighted by atomic mass is 9.37. The van der Waals surface area contributed by atoms with E-state index in [-0.39, 0.29) is 0 Å². The molecule has 0 aromatic heterocycles. The minimum atomic E-state index is 1.21. The maximum absolute atomic E-state index is 1.66. The van der Waals surface area contributed by atoms with E-state index in [0.29, 0.717) is 0 Å². The van der Waals surface area contributed by atoms with Crippen LogP contribution in [0.15, 0.2) is 0 Å². The molecule has 15 rings (SSSR count). The van der Waals surface area contributed by atoms with Gasteiger partial charge in [0.1, 0.15) is 0 Å². The number of hydrogen-bond donors (Lipinski definition) is 0. The lowest BCUT2D eigenvalue weighted by molar-refractivity contribution is -0.191. The first-order chi connectivity index (χ1) is 6.90. The van der Waals surface area contributed by atoms with Crippen LogP contribution in [0.4, 0.5) is 0 Å². The van der Waals surface area contributed by atoms with Gasteiger partial charge < -0.3 is 0 Å². The molecule has 0 heteroatoms. The van der Waals surface area contributed by atoms with Crippen LogP contribution in [0.1, 0.15) is 38.5 Å². The Labute approximate surface area is 86.5 Å². The zero-order valence-corrected chi connectivity index (χ0v) is 8.86. The van der Waals surface area contributed by atoms with Crippen LogP contribution in [0.25, 0.3) is 0 Å². The summed E-state index contributed by atoms with van der Waals surface area (Å²) in [7, 11) is 0. The average Bonchev–Trinajstić information content (AvgIpc) is 1.59. The van der Waals surface area contributed by atoms with Gasteiger partial charge in [0, 0.05) is 0 Å². The van der Waals surface area contributed by atoms with E-state index < -0.39 is 0 Å². The molecule has 14 heavy (non-hydrogen) atoms. The van der Waals surface area contributed by atoms with E-state index in [2.05, 4.69) is 0 Å². The van der Waals surface area contributed by atoms with Gasteiger partial charge in [-0.3, -0.25) is 0 Å². The van der Waals surface area contributed by atoms with Crippen molar-refractivity contribution in [2.45, 2.75) is 38.5 Å². The molecule has 0 saturated heterocycles. The molecule has 0 heterocycles. The second-order valence-electron chi connectivity index (χ2n) is 7.13. The minimum absolute atomic E-state index is 1.21. The molecule has 0 amide bonds. The molecule has 0 atom stereocenters. The summed E-state index contributed by atoms with van der Waals surface area (Å²) in [4.78, 5) is 0. The Kier molecular flexibility index (Phi) is 1.08. The Hall–Kier alpha value is 0. The predicted octanol–water partition coefficient (Wildman–Crippen LogP) is 3.32. The molecule has 15 aliphatic rings. The quantitative estimate of drug-likeness (QED) is 0.547. The van der Waals surface area contributed by atoms with Crippen LogP contribution in [0.5, 0.6) is 0 Å². The second kappa shape index (κ2) is 2.08. The van der Waals surface area contributed by atoms with Gasteiger partial charge in [-0.1, -0.05) is 0 Å². The largest absolute Gasteiger partial charge is 0.0470 e. The second-order valence-corrected chi connectivity index (χ2v) is 7.13. The zero-order chi connectivity index (χ0) is 8.86. The summed E-state index contributed by atoms with van der Waals surface area (Å²) in [5.41, 5.74) is 0. The third-order valence-corrected chi connectivity index (χ3v) is 6.90. The number of hydrogen-bond acceptors (Lipinski definition) is 0. The van der Waals surface area contributed by atoms with Gasteiger partial charge >= 0.3 is 0 Å². The molecule has 0 nitrogen and oxygen atoms in total. The summed E-state index contributed by atoms with van der Waals surface area (Å²) < 4.78 is 0.